The Hall–Kier alpha value is -1.81. The molecule has 86 valence electrons. The SMILES string of the molecule is O=C(Cc1cc(F)ccc1Cl)c1cnccn1. The van der Waals surface area contributed by atoms with E-state index in [1.165, 1.54) is 36.8 Å². The first kappa shape index (κ1) is 11.7. The van der Waals surface area contributed by atoms with Gasteiger partial charge in [0.25, 0.3) is 0 Å². The van der Waals surface area contributed by atoms with Gasteiger partial charge in [0.05, 0.1) is 6.20 Å². The molecule has 0 bridgehead atoms. The molecule has 1 heterocycles. The molecule has 0 spiro atoms. The molecule has 17 heavy (non-hydrogen) atoms. The number of carbonyl (C=O) groups excluding carboxylic acids is 1. The van der Waals surface area contributed by atoms with E-state index in [9.17, 15) is 9.18 Å². The van der Waals surface area contributed by atoms with Gasteiger partial charge in [0, 0.05) is 23.8 Å². The number of carbonyl (C=O) groups is 1. The van der Waals surface area contributed by atoms with E-state index in [1.54, 1.807) is 0 Å². The monoisotopic (exact) mass is 250 g/mol. The average Bonchev–Trinajstić information content (AvgIpc) is 2.35. The van der Waals surface area contributed by atoms with Gasteiger partial charge < -0.3 is 0 Å². The molecular formula is C12H8ClFN2O. The highest BCUT2D eigenvalue weighted by Gasteiger charge is 2.11. The molecule has 1 aromatic carbocycles. The summed E-state index contributed by atoms with van der Waals surface area (Å²) in [5.74, 6) is -0.665. The second-order valence-corrected chi connectivity index (χ2v) is 3.83. The fourth-order valence-electron chi connectivity index (χ4n) is 1.39. The third-order valence-corrected chi connectivity index (χ3v) is 2.58. The van der Waals surface area contributed by atoms with E-state index in [-0.39, 0.29) is 17.9 Å². The van der Waals surface area contributed by atoms with Gasteiger partial charge in [0.2, 0.25) is 0 Å². The fourth-order valence-corrected chi connectivity index (χ4v) is 1.57. The molecule has 0 N–H and O–H groups in total. The quantitative estimate of drug-likeness (QED) is 0.787. The van der Waals surface area contributed by atoms with Gasteiger partial charge in [-0.2, -0.15) is 0 Å². The summed E-state index contributed by atoms with van der Waals surface area (Å²) < 4.78 is 13.0. The van der Waals surface area contributed by atoms with Crippen molar-refractivity contribution in [2.24, 2.45) is 0 Å². The first-order chi connectivity index (χ1) is 8.16. The van der Waals surface area contributed by atoms with Crippen LogP contribution in [-0.4, -0.2) is 15.8 Å². The summed E-state index contributed by atoms with van der Waals surface area (Å²) in [6, 6.07) is 3.92. The smallest absolute Gasteiger partial charge is 0.187 e. The van der Waals surface area contributed by atoms with Crippen LogP contribution in [0.2, 0.25) is 5.02 Å². The molecule has 2 rings (SSSR count). The van der Waals surface area contributed by atoms with E-state index < -0.39 is 5.82 Å². The molecule has 0 unspecified atom stereocenters. The predicted octanol–water partition coefficient (Wildman–Crippen LogP) is 2.69. The number of aromatic nitrogens is 2. The minimum Gasteiger partial charge on any atom is -0.292 e. The molecule has 2 aromatic rings. The van der Waals surface area contributed by atoms with Gasteiger partial charge in [-0.25, -0.2) is 9.37 Å². The second-order valence-electron chi connectivity index (χ2n) is 3.43. The van der Waals surface area contributed by atoms with Crippen LogP contribution < -0.4 is 0 Å². The first-order valence-electron chi connectivity index (χ1n) is 4.90. The summed E-state index contributed by atoms with van der Waals surface area (Å²) in [4.78, 5) is 19.5. The molecule has 0 amide bonds. The van der Waals surface area contributed by atoms with Gasteiger partial charge in [-0.1, -0.05) is 11.6 Å². The molecule has 0 aliphatic carbocycles. The maximum atomic E-state index is 13.0. The van der Waals surface area contributed by atoms with Gasteiger partial charge in [-0.15, -0.1) is 0 Å². The van der Waals surface area contributed by atoms with Crippen LogP contribution in [0.1, 0.15) is 16.1 Å². The molecule has 3 nitrogen and oxygen atoms in total. The molecule has 5 heteroatoms. The molecular weight excluding hydrogens is 243 g/mol. The Morgan fingerprint density at radius 1 is 1.35 bits per heavy atom. The Bertz CT molecular complexity index is 545. The number of Topliss-reactive ketones (excluding diaryl/α,β-unsaturated/α-hetero) is 1. The highest BCUT2D eigenvalue weighted by atomic mass is 35.5. The standard InChI is InChI=1S/C12H8ClFN2O/c13-10-2-1-9(14)5-8(10)6-12(17)11-7-15-3-4-16-11/h1-5,7H,6H2. The Kier molecular flexibility index (Phi) is 3.44. The second kappa shape index (κ2) is 5.01. The van der Waals surface area contributed by atoms with Crippen molar-refractivity contribution in [2.75, 3.05) is 0 Å². The van der Waals surface area contributed by atoms with E-state index in [0.29, 0.717) is 10.6 Å². The van der Waals surface area contributed by atoms with Crippen LogP contribution in [0.5, 0.6) is 0 Å². The topological polar surface area (TPSA) is 42.9 Å². The lowest BCUT2D eigenvalue weighted by atomic mass is 10.1. The molecule has 0 aliphatic heterocycles. The van der Waals surface area contributed by atoms with Crippen LogP contribution in [0.25, 0.3) is 0 Å². The van der Waals surface area contributed by atoms with Crippen LogP contribution >= 0.6 is 11.6 Å². The van der Waals surface area contributed by atoms with Crippen LogP contribution in [0.4, 0.5) is 4.39 Å². The summed E-state index contributed by atoms with van der Waals surface area (Å²) in [7, 11) is 0. The van der Waals surface area contributed by atoms with Gasteiger partial charge in [-0.3, -0.25) is 9.78 Å². The molecule has 0 aliphatic rings. The van der Waals surface area contributed by atoms with Gasteiger partial charge in [-0.05, 0) is 23.8 Å². The van der Waals surface area contributed by atoms with Crippen LogP contribution in [0, 0.1) is 5.82 Å². The lowest BCUT2D eigenvalue weighted by Crippen LogP contribution is -2.06. The third kappa shape index (κ3) is 2.85. The third-order valence-electron chi connectivity index (χ3n) is 2.21. The van der Waals surface area contributed by atoms with Crippen molar-refractivity contribution in [3.63, 3.8) is 0 Å². The lowest BCUT2D eigenvalue weighted by Gasteiger charge is -2.03. The van der Waals surface area contributed by atoms with Gasteiger partial charge in [0.15, 0.2) is 5.78 Å². The summed E-state index contributed by atoms with van der Waals surface area (Å²) in [6.45, 7) is 0. The number of hydrogen-bond donors (Lipinski definition) is 0. The zero-order valence-corrected chi connectivity index (χ0v) is 9.49. The van der Waals surface area contributed by atoms with Crippen molar-refractivity contribution < 1.29 is 9.18 Å². The number of hydrogen-bond acceptors (Lipinski definition) is 3. The molecule has 0 atom stereocenters. The van der Waals surface area contributed by atoms with Gasteiger partial charge >= 0.3 is 0 Å². The summed E-state index contributed by atoms with van der Waals surface area (Å²) in [5, 5.41) is 0.364. The number of nitrogens with zero attached hydrogens (tertiary/aromatic N) is 2. The molecule has 0 saturated carbocycles. The minimum absolute atomic E-state index is 0.00921. The van der Waals surface area contributed by atoms with Crippen molar-refractivity contribution in [3.8, 4) is 0 Å². The number of ketones is 1. The Morgan fingerprint density at radius 3 is 2.88 bits per heavy atom. The zero-order valence-electron chi connectivity index (χ0n) is 8.73. The van der Waals surface area contributed by atoms with E-state index in [4.69, 9.17) is 11.6 Å². The highest BCUT2D eigenvalue weighted by Crippen LogP contribution is 2.18. The minimum atomic E-state index is -0.420. The zero-order chi connectivity index (χ0) is 12.3. The van der Waals surface area contributed by atoms with Crippen molar-refractivity contribution in [1.82, 2.24) is 9.97 Å². The Balaban J connectivity index is 2.22. The van der Waals surface area contributed by atoms with E-state index in [1.807, 2.05) is 0 Å². The predicted molar refractivity (Wildman–Crippen MR) is 61.5 cm³/mol. The molecule has 0 saturated heterocycles. The number of halogens is 2. The highest BCUT2D eigenvalue weighted by molar-refractivity contribution is 6.31. The Labute approximate surface area is 102 Å². The summed E-state index contributed by atoms with van der Waals surface area (Å²) in [5.41, 5.74) is 0.690. The maximum Gasteiger partial charge on any atom is 0.187 e. The lowest BCUT2D eigenvalue weighted by molar-refractivity contribution is 0.0988. The molecule has 1 aromatic heterocycles. The molecule has 0 fully saturated rings. The normalized spacial score (nSPS) is 10.2. The summed E-state index contributed by atoms with van der Waals surface area (Å²) >= 11 is 5.87. The van der Waals surface area contributed by atoms with Gasteiger partial charge in [0.1, 0.15) is 11.5 Å². The summed E-state index contributed by atoms with van der Waals surface area (Å²) in [6.07, 6.45) is 4.29. The van der Waals surface area contributed by atoms with E-state index in [2.05, 4.69) is 9.97 Å². The number of benzene rings is 1. The van der Waals surface area contributed by atoms with Crippen molar-refractivity contribution in [1.29, 1.82) is 0 Å². The van der Waals surface area contributed by atoms with E-state index >= 15 is 0 Å². The van der Waals surface area contributed by atoms with Crippen molar-refractivity contribution in [2.45, 2.75) is 6.42 Å². The van der Waals surface area contributed by atoms with E-state index in [0.717, 1.165) is 0 Å². The fraction of sp³-hybridized carbons (Fsp3) is 0.0833. The number of rotatable bonds is 3. The van der Waals surface area contributed by atoms with Crippen molar-refractivity contribution in [3.05, 3.63) is 58.9 Å². The molecule has 0 radical (unpaired) electrons. The van der Waals surface area contributed by atoms with Crippen LogP contribution in [0.3, 0.4) is 0 Å². The van der Waals surface area contributed by atoms with Crippen LogP contribution in [0.15, 0.2) is 36.8 Å². The maximum absolute atomic E-state index is 13.0. The van der Waals surface area contributed by atoms with Crippen molar-refractivity contribution >= 4 is 17.4 Å². The Morgan fingerprint density at radius 2 is 2.18 bits per heavy atom. The first-order valence-corrected chi connectivity index (χ1v) is 5.28. The average molecular weight is 251 g/mol. The largest absolute Gasteiger partial charge is 0.292 e. The van der Waals surface area contributed by atoms with Crippen LogP contribution in [-0.2, 0) is 6.42 Å².